The minimum Gasteiger partial charge on any atom is -0.465 e. The van der Waals surface area contributed by atoms with E-state index in [0.717, 1.165) is 18.2 Å². The van der Waals surface area contributed by atoms with Gasteiger partial charge in [-0.3, -0.25) is 14.4 Å². The number of amides is 2. The van der Waals surface area contributed by atoms with Gasteiger partial charge in [-0.2, -0.15) is 0 Å². The van der Waals surface area contributed by atoms with Crippen molar-refractivity contribution in [1.82, 2.24) is 5.32 Å². The van der Waals surface area contributed by atoms with Crippen molar-refractivity contribution in [2.45, 2.75) is 0 Å². The Hall–Kier alpha value is -4.99. The first-order valence-corrected chi connectivity index (χ1v) is 11.0. The lowest BCUT2D eigenvalue weighted by atomic mass is 10.0. The average Bonchev–Trinajstić information content (AvgIpc) is 2.94. The first-order valence-electron chi connectivity index (χ1n) is 11.0. The van der Waals surface area contributed by atoms with Gasteiger partial charge in [-0.15, -0.1) is 0 Å². The summed E-state index contributed by atoms with van der Waals surface area (Å²) < 4.78 is 14.2. The van der Waals surface area contributed by atoms with Gasteiger partial charge in [0.25, 0.3) is 11.8 Å². The molecular weight excluding hydrogens is 480 g/mol. The molecule has 0 fully saturated rings. The maximum absolute atomic E-state index is 12.3. The quantitative estimate of drug-likeness (QED) is 0.335. The van der Waals surface area contributed by atoms with Crippen LogP contribution in [0.1, 0.15) is 31.1 Å². The Labute approximate surface area is 212 Å². The maximum Gasteiger partial charge on any atom is 0.339 e. The molecule has 0 spiro atoms. The third-order valence-electron chi connectivity index (χ3n) is 5.13. The van der Waals surface area contributed by atoms with Crippen LogP contribution in [0.5, 0.6) is 0 Å². The summed E-state index contributed by atoms with van der Waals surface area (Å²) in [5.74, 6) is -3.53. The second-order valence-corrected chi connectivity index (χ2v) is 7.58. The van der Waals surface area contributed by atoms with Crippen LogP contribution >= 0.6 is 0 Å². The van der Waals surface area contributed by atoms with Gasteiger partial charge in [-0.1, -0.05) is 42.5 Å². The number of benzene rings is 3. The van der Waals surface area contributed by atoms with Crippen LogP contribution in [0, 0.1) is 0 Å². The van der Waals surface area contributed by atoms with Crippen molar-refractivity contribution in [2.24, 2.45) is 0 Å². The lowest BCUT2D eigenvalue weighted by molar-refractivity contribution is -0.146. The van der Waals surface area contributed by atoms with Crippen LogP contribution in [0.15, 0.2) is 72.8 Å². The van der Waals surface area contributed by atoms with Crippen molar-refractivity contribution < 1.29 is 38.2 Å². The van der Waals surface area contributed by atoms with Crippen LogP contribution in [-0.4, -0.2) is 57.1 Å². The predicted octanol–water partition coefficient (Wildman–Crippen LogP) is 2.84. The van der Waals surface area contributed by atoms with Crippen molar-refractivity contribution in [3.05, 3.63) is 89.5 Å². The number of methoxy groups -OCH3 is 2. The summed E-state index contributed by atoms with van der Waals surface area (Å²) in [6, 6.07) is 20.4. The third-order valence-corrected chi connectivity index (χ3v) is 5.13. The summed E-state index contributed by atoms with van der Waals surface area (Å²) in [6.45, 7) is -1.15. The van der Waals surface area contributed by atoms with Crippen molar-refractivity contribution in [2.75, 3.05) is 32.7 Å². The van der Waals surface area contributed by atoms with Gasteiger partial charge in [0, 0.05) is 5.56 Å². The van der Waals surface area contributed by atoms with Gasteiger partial charge in [-0.05, 0) is 41.5 Å². The molecule has 0 atom stereocenters. The van der Waals surface area contributed by atoms with E-state index in [1.165, 1.54) is 25.3 Å². The fourth-order valence-corrected chi connectivity index (χ4v) is 3.26. The molecule has 3 aromatic rings. The minimum atomic E-state index is -0.846. The average molecular weight is 504 g/mol. The molecule has 0 aromatic heterocycles. The number of ether oxygens (including phenoxy) is 3. The lowest BCUT2D eigenvalue weighted by Crippen LogP contribution is -2.32. The van der Waals surface area contributed by atoms with Gasteiger partial charge in [0.2, 0.25) is 0 Å². The van der Waals surface area contributed by atoms with Crippen LogP contribution in [0.4, 0.5) is 5.69 Å². The highest BCUT2D eigenvalue weighted by molar-refractivity contribution is 6.04. The Morgan fingerprint density at radius 2 is 1.35 bits per heavy atom. The fraction of sp³-hybridized carbons (Fsp3) is 0.148. The maximum atomic E-state index is 12.3. The Balaban J connectivity index is 1.52. The molecule has 0 radical (unpaired) electrons. The molecule has 10 heteroatoms. The van der Waals surface area contributed by atoms with Crippen molar-refractivity contribution in [3.8, 4) is 11.1 Å². The molecule has 0 saturated heterocycles. The zero-order valence-corrected chi connectivity index (χ0v) is 20.1. The molecule has 0 aliphatic heterocycles. The Bertz CT molecular complexity index is 1300. The van der Waals surface area contributed by atoms with E-state index in [1.807, 2.05) is 30.3 Å². The number of carbonyl (C=O) groups excluding carboxylic acids is 5. The van der Waals surface area contributed by atoms with E-state index in [4.69, 9.17) is 4.74 Å². The van der Waals surface area contributed by atoms with E-state index in [1.54, 1.807) is 24.3 Å². The van der Waals surface area contributed by atoms with Gasteiger partial charge >= 0.3 is 17.9 Å². The summed E-state index contributed by atoms with van der Waals surface area (Å²) in [6.07, 6.45) is 0. The molecule has 3 rings (SSSR count). The molecule has 2 amide bonds. The molecule has 190 valence electrons. The van der Waals surface area contributed by atoms with Crippen molar-refractivity contribution >= 4 is 35.4 Å². The highest BCUT2D eigenvalue weighted by Crippen LogP contribution is 2.20. The zero-order chi connectivity index (χ0) is 26.8. The number of anilines is 1. The van der Waals surface area contributed by atoms with Gasteiger partial charge in [-0.25, -0.2) is 9.59 Å². The van der Waals surface area contributed by atoms with Crippen LogP contribution in [0.2, 0.25) is 0 Å². The van der Waals surface area contributed by atoms with E-state index in [-0.39, 0.29) is 16.8 Å². The molecule has 10 nitrogen and oxygen atoms in total. The lowest BCUT2D eigenvalue weighted by Gasteiger charge is -2.12. The molecule has 37 heavy (non-hydrogen) atoms. The van der Waals surface area contributed by atoms with E-state index in [0.29, 0.717) is 5.56 Å². The molecule has 0 saturated carbocycles. The monoisotopic (exact) mass is 504 g/mol. The summed E-state index contributed by atoms with van der Waals surface area (Å²) in [7, 11) is 2.35. The van der Waals surface area contributed by atoms with Crippen molar-refractivity contribution in [1.29, 1.82) is 0 Å². The van der Waals surface area contributed by atoms with E-state index >= 15 is 0 Å². The van der Waals surface area contributed by atoms with Crippen LogP contribution in [0.25, 0.3) is 11.1 Å². The highest BCUT2D eigenvalue weighted by Gasteiger charge is 2.18. The standard InChI is InChI=1S/C27H24N2O8/c1-35-26(33)20-12-13-21(27(34)36-2)22(14-20)29-23(30)16-37-24(31)15-28-25(32)19-10-8-18(9-11-19)17-6-4-3-5-7-17/h3-14H,15-16H2,1-2H3,(H,28,32)(H,29,30). The minimum absolute atomic E-state index is 0.0135. The number of carbonyl (C=O) groups is 5. The third kappa shape index (κ3) is 7.25. The van der Waals surface area contributed by atoms with Crippen LogP contribution in [-0.2, 0) is 23.8 Å². The molecular formula is C27H24N2O8. The fourth-order valence-electron chi connectivity index (χ4n) is 3.26. The van der Waals surface area contributed by atoms with Gasteiger partial charge in [0.15, 0.2) is 6.61 Å². The number of rotatable bonds is 9. The Morgan fingerprint density at radius 3 is 2.00 bits per heavy atom. The highest BCUT2D eigenvalue weighted by atomic mass is 16.5. The molecule has 0 bridgehead atoms. The second-order valence-electron chi connectivity index (χ2n) is 7.58. The molecule has 0 unspecified atom stereocenters. The number of hydrogen-bond donors (Lipinski definition) is 2. The molecule has 2 N–H and O–H groups in total. The van der Waals surface area contributed by atoms with Gasteiger partial charge in [0.05, 0.1) is 31.0 Å². The molecule has 0 heterocycles. The topological polar surface area (TPSA) is 137 Å². The summed E-state index contributed by atoms with van der Waals surface area (Å²) in [5.41, 5.74) is 2.35. The second kappa shape index (κ2) is 12.6. The van der Waals surface area contributed by atoms with E-state index in [2.05, 4.69) is 20.1 Å². The van der Waals surface area contributed by atoms with Crippen molar-refractivity contribution in [3.63, 3.8) is 0 Å². The van der Waals surface area contributed by atoms with Gasteiger partial charge in [0.1, 0.15) is 6.54 Å². The molecule has 0 aliphatic rings. The Kier molecular flexibility index (Phi) is 9.09. The number of esters is 3. The Morgan fingerprint density at radius 1 is 0.730 bits per heavy atom. The summed E-state index contributed by atoms with van der Waals surface area (Å²) >= 11 is 0. The largest absolute Gasteiger partial charge is 0.465 e. The first kappa shape index (κ1) is 26.6. The number of hydrogen-bond acceptors (Lipinski definition) is 8. The first-order chi connectivity index (χ1) is 17.8. The predicted molar refractivity (Wildman–Crippen MR) is 133 cm³/mol. The van der Waals surface area contributed by atoms with E-state index in [9.17, 15) is 24.0 Å². The number of nitrogens with one attached hydrogen (secondary N) is 2. The summed E-state index contributed by atoms with van der Waals surface area (Å²) in [4.78, 5) is 60.4. The normalized spacial score (nSPS) is 10.1. The zero-order valence-electron chi connectivity index (χ0n) is 20.1. The SMILES string of the molecule is COC(=O)c1ccc(C(=O)OC)c(NC(=O)COC(=O)CNC(=O)c2ccc(-c3ccccc3)cc2)c1. The van der Waals surface area contributed by atoms with E-state index < -0.39 is 42.9 Å². The summed E-state index contributed by atoms with van der Waals surface area (Å²) in [5, 5.41) is 4.83. The molecule has 0 aliphatic carbocycles. The van der Waals surface area contributed by atoms with Crippen LogP contribution < -0.4 is 10.6 Å². The van der Waals surface area contributed by atoms with Gasteiger partial charge < -0.3 is 24.8 Å². The smallest absolute Gasteiger partial charge is 0.339 e. The van der Waals surface area contributed by atoms with Crippen LogP contribution in [0.3, 0.4) is 0 Å². The molecule has 3 aromatic carbocycles.